The normalized spacial score (nSPS) is 18.0. The molecule has 1 unspecified atom stereocenters. The quantitative estimate of drug-likeness (QED) is 0.402. The van der Waals surface area contributed by atoms with Crippen molar-refractivity contribution in [2.75, 3.05) is 0 Å². The van der Waals surface area contributed by atoms with Crippen molar-refractivity contribution >= 4 is 22.6 Å². The maximum absolute atomic E-state index is 12.6. The lowest BCUT2D eigenvalue weighted by Gasteiger charge is -2.28. The van der Waals surface area contributed by atoms with Gasteiger partial charge in [0.2, 0.25) is 0 Å². The first-order valence-corrected chi connectivity index (χ1v) is 5.23. The summed E-state index contributed by atoms with van der Waals surface area (Å²) in [7, 11) is 0. The average molecular weight is 330 g/mol. The number of hydrogen-bond donors (Lipinski definition) is 0. The van der Waals surface area contributed by atoms with E-state index in [0.29, 0.717) is 12.8 Å². The summed E-state index contributed by atoms with van der Waals surface area (Å²) in [6.45, 7) is 3.17. The van der Waals surface area contributed by atoms with Crippen LogP contribution in [0.15, 0.2) is 0 Å². The van der Waals surface area contributed by atoms with Crippen LogP contribution in [0.3, 0.4) is 0 Å². The summed E-state index contributed by atoms with van der Waals surface area (Å²) in [5.41, 5.74) is 0. The lowest BCUT2D eigenvalue weighted by molar-refractivity contribution is -0.285. The molecule has 0 nitrogen and oxygen atoms in total. The molecule has 1 atom stereocenters. The van der Waals surface area contributed by atoms with E-state index in [2.05, 4.69) is 0 Å². The Morgan fingerprint density at radius 2 is 1.50 bits per heavy atom. The molecular formula is C8H12F5I. The van der Waals surface area contributed by atoms with Gasteiger partial charge in [0.05, 0.1) is 0 Å². The third kappa shape index (κ3) is 4.27. The zero-order chi connectivity index (χ0) is 11.6. The molecule has 0 N–H and O–H groups in total. The molecular weight excluding hydrogens is 318 g/mol. The highest BCUT2D eigenvalue weighted by atomic mass is 127. The number of alkyl halides is 6. The fourth-order valence-electron chi connectivity index (χ4n) is 1.17. The highest BCUT2D eigenvalue weighted by Gasteiger charge is 2.59. The fourth-order valence-corrected chi connectivity index (χ4v) is 2.19. The van der Waals surface area contributed by atoms with Gasteiger partial charge in [-0.25, -0.2) is 0 Å². The predicted molar refractivity (Wildman–Crippen MR) is 53.0 cm³/mol. The topological polar surface area (TPSA) is 0 Å². The smallest absolute Gasteiger partial charge is 0.196 e. The molecule has 0 aromatic carbocycles. The SMILES string of the molecule is CCCC(C)(I)CC(F)(F)C(F)(F)F. The zero-order valence-corrected chi connectivity index (χ0v) is 10.0. The van der Waals surface area contributed by atoms with Crippen LogP contribution in [0.4, 0.5) is 22.0 Å². The molecule has 0 aromatic heterocycles. The van der Waals surface area contributed by atoms with Gasteiger partial charge in [0.15, 0.2) is 0 Å². The molecule has 0 aromatic rings. The second-order valence-corrected chi connectivity index (χ2v) is 6.15. The molecule has 0 aliphatic heterocycles. The van der Waals surface area contributed by atoms with Crippen LogP contribution >= 0.6 is 22.6 Å². The van der Waals surface area contributed by atoms with Crippen LogP contribution < -0.4 is 0 Å². The van der Waals surface area contributed by atoms with E-state index in [4.69, 9.17) is 0 Å². The van der Waals surface area contributed by atoms with Gasteiger partial charge in [-0.3, -0.25) is 0 Å². The van der Waals surface area contributed by atoms with Gasteiger partial charge in [-0.2, -0.15) is 22.0 Å². The molecule has 0 radical (unpaired) electrons. The summed E-state index contributed by atoms with van der Waals surface area (Å²) < 4.78 is 59.8. The predicted octanol–water partition coefficient (Wildman–Crippen LogP) is 4.57. The monoisotopic (exact) mass is 330 g/mol. The van der Waals surface area contributed by atoms with Crippen LogP contribution in [-0.4, -0.2) is 15.5 Å². The minimum Gasteiger partial charge on any atom is -0.196 e. The minimum absolute atomic E-state index is 0.346. The summed E-state index contributed by atoms with van der Waals surface area (Å²) in [6.07, 6.45) is -5.66. The third-order valence-electron chi connectivity index (χ3n) is 1.78. The van der Waals surface area contributed by atoms with Crippen molar-refractivity contribution in [1.29, 1.82) is 0 Å². The Kier molecular flexibility index (Phi) is 4.61. The van der Waals surface area contributed by atoms with E-state index < -0.39 is 21.9 Å². The van der Waals surface area contributed by atoms with Crippen molar-refractivity contribution in [1.82, 2.24) is 0 Å². The Labute approximate surface area is 93.4 Å². The van der Waals surface area contributed by atoms with Crippen molar-refractivity contribution in [3.8, 4) is 0 Å². The first-order chi connectivity index (χ1) is 6.02. The Morgan fingerprint density at radius 3 is 1.79 bits per heavy atom. The van der Waals surface area contributed by atoms with E-state index in [-0.39, 0.29) is 0 Å². The van der Waals surface area contributed by atoms with Gasteiger partial charge < -0.3 is 0 Å². The number of halogens is 6. The molecule has 0 aliphatic carbocycles. The molecule has 0 rings (SSSR count). The van der Waals surface area contributed by atoms with Crippen molar-refractivity contribution in [2.24, 2.45) is 0 Å². The van der Waals surface area contributed by atoms with Crippen molar-refractivity contribution in [2.45, 2.75) is 48.6 Å². The second-order valence-electron chi connectivity index (χ2n) is 3.54. The lowest BCUT2D eigenvalue weighted by Crippen LogP contribution is -2.41. The van der Waals surface area contributed by atoms with E-state index in [1.807, 2.05) is 0 Å². The lowest BCUT2D eigenvalue weighted by atomic mass is 9.98. The Hall–Kier alpha value is 0.380. The first-order valence-electron chi connectivity index (χ1n) is 4.15. The Bertz CT molecular complexity index is 185. The highest BCUT2D eigenvalue weighted by molar-refractivity contribution is 14.1. The summed E-state index contributed by atoms with van der Waals surface area (Å²) in [6, 6.07) is 0. The summed E-state index contributed by atoms with van der Waals surface area (Å²) in [5, 5.41) is 0. The molecule has 0 saturated heterocycles. The van der Waals surface area contributed by atoms with Crippen molar-refractivity contribution in [3.63, 3.8) is 0 Å². The summed E-state index contributed by atoms with van der Waals surface area (Å²) in [4.78, 5) is 0. The van der Waals surface area contributed by atoms with Crippen LogP contribution in [0.5, 0.6) is 0 Å². The van der Waals surface area contributed by atoms with Gasteiger partial charge in [-0.1, -0.05) is 42.9 Å². The van der Waals surface area contributed by atoms with Crippen molar-refractivity contribution < 1.29 is 22.0 Å². The van der Waals surface area contributed by atoms with Crippen LogP contribution in [0, 0.1) is 0 Å². The molecule has 0 aliphatic rings. The molecule has 0 saturated carbocycles. The molecule has 14 heavy (non-hydrogen) atoms. The number of hydrogen-bond acceptors (Lipinski definition) is 0. The Balaban J connectivity index is 4.50. The molecule has 0 spiro atoms. The van der Waals surface area contributed by atoms with E-state index in [9.17, 15) is 22.0 Å². The summed E-state index contributed by atoms with van der Waals surface area (Å²) >= 11 is 1.66. The molecule has 0 bridgehead atoms. The van der Waals surface area contributed by atoms with E-state index in [0.717, 1.165) is 0 Å². The first kappa shape index (κ1) is 14.4. The van der Waals surface area contributed by atoms with Gasteiger partial charge in [0.1, 0.15) is 0 Å². The molecule has 86 valence electrons. The van der Waals surface area contributed by atoms with Gasteiger partial charge in [-0.15, -0.1) is 0 Å². The van der Waals surface area contributed by atoms with E-state index in [1.165, 1.54) is 6.92 Å². The van der Waals surface area contributed by atoms with Gasteiger partial charge in [-0.05, 0) is 6.42 Å². The number of rotatable bonds is 4. The Morgan fingerprint density at radius 1 is 1.07 bits per heavy atom. The van der Waals surface area contributed by atoms with Crippen molar-refractivity contribution in [3.05, 3.63) is 0 Å². The van der Waals surface area contributed by atoms with Crippen LogP contribution in [-0.2, 0) is 0 Å². The van der Waals surface area contributed by atoms with Crippen LogP contribution in [0.25, 0.3) is 0 Å². The zero-order valence-electron chi connectivity index (χ0n) is 7.89. The van der Waals surface area contributed by atoms with Crippen LogP contribution in [0.1, 0.15) is 33.1 Å². The van der Waals surface area contributed by atoms with Gasteiger partial charge >= 0.3 is 12.1 Å². The molecule has 0 heterocycles. The third-order valence-corrected chi connectivity index (χ3v) is 2.70. The maximum Gasteiger partial charge on any atom is 0.453 e. The molecule has 0 fully saturated rings. The average Bonchev–Trinajstić information content (AvgIpc) is 1.80. The standard InChI is InChI=1S/C8H12F5I/c1-3-4-6(2,14)5-7(9,10)8(11,12)13/h3-5H2,1-2H3. The fraction of sp³-hybridized carbons (Fsp3) is 1.00. The van der Waals surface area contributed by atoms with E-state index >= 15 is 0 Å². The molecule has 0 amide bonds. The van der Waals surface area contributed by atoms with Gasteiger partial charge in [0, 0.05) is 9.84 Å². The highest BCUT2D eigenvalue weighted by Crippen LogP contribution is 2.44. The van der Waals surface area contributed by atoms with Gasteiger partial charge in [0.25, 0.3) is 0 Å². The van der Waals surface area contributed by atoms with Crippen LogP contribution in [0.2, 0.25) is 0 Å². The summed E-state index contributed by atoms with van der Waals surface area (Å²) in [5.74, 6) is -4.59. The second kappa shape index (κ2) is 4.49. The maximum atomic E-state index is 12.6. The minimum atomic E-state index is -5.44. The molecule has 6 heteroatoms. The van der Waals surface area contributed by atoms with E-state index in [1.54, 1.807) is 29.5 Å². The largest absolute Gasteiger partial charge is 0.453 e.